The minimum Gasteiger partial charge on any atom is -0.379 e. The van der Waals surface area contributed by atoms with Crippen LogP contribution in [0, 0.1) is 17.0 Å². The van der Waals surface area contributed by atoms with Crippen molar-refractivity contribution < 1.29 is 9.72 Å². The summed E-state index contributed by atoms with van der Waals surface area (Å²) in [5.74, 6) is -0.192. The van der Waals surface area contributed by atoms with Crippen molar-refractivity contribution in [2.45, 2.75) is 13.3 Å². The van der Waals surface area contributed by atoms with Crippen LogP contribution in [-0.2, 0) is 4.79 Å². The highest BCUT2D eigenvalue weighted by Gasteiger charge is 2.13. The number of hydrogen-bond acceptors (Lipinski definition) is 6. The number of carbonyl (C=O) groups is 1. The number of fused-ring (bicyclic) bond motifs is 1. The molecule has 0 saturated heterocycles. The Morgan fingerprint density at radius 3 is 2.80 bits per heavy atom. The van der Waals surface area contributed by atoms with E-state index < -0.39 is 4.92 Å². The zero-order valence-electron chi connectivity index (χ0n) is 13.5. The molecule has 1 heterocycles. The van der Waals surface area contributed by atoms with Gasteiger partial charge < -0.3 is 10.6 Å². The van der Waals surface area contributed by atoms with Crippen LogP contribution < -0.4 is 10.6 Å². The summed E-state index contributed by atoms with van der Waals surface area (Å²) in [4.78, 5) is 27.0. The van der Waals surface area contributed by atoms with Gasteiger partial charge in [-0.1, -0.05) is 35.6 Å². The lowest BCUT2D eigenvalue weighted by atomic mass is 10.2. The predicted octanol–water partition coefficient (Wildman–Crippen LogP) is 3.95. The molecule has 3 aromatic rings. The fourth-order valence-electron chi connectivity index (χ4n) is 2.41. The molecule has 0 bridgehead atoms. The molecule has 1 amide bonds. The van der Waals surface area contributed by atoms with Gasteiger partial charge in [0.1, 0.15) is 5.69 Å². The Kier molecular flexibility index (Phi) is 4.90. The topological polar surface area (TPSA) is 97.2 Å². The number of nitro benzene ring substituents is 1. The van der Waals surface area contributed by atoms with E-state index in [2.05, 4.69) is 15.6 Å². The normalized spacial score (nSPS) is 10.6. The van der Waals surface area contributed by atoms with Gasteiger partial charge in [0.15, 0.2) is 5.13 Å². The Morgan fingerprint density at radius 1 is 1.24 bits per heavy atom. The summed E-state index contributed by atoms with van der Waals surface area (Å²) in [6.45, 7) is 2.27. The zero-order valence-corrected chi connectivity index (χ0v) is 14.3. The number of aryl methyl sites for hydroxylation is 1. The number of anilines is 2. The van der Waals surface area contributed by atoms with Gasteiger partial charge in [0.25, 0.3) is 5.69 Å². The second-order valence-corrected chi connectivity index (χ2v) is 6.47. The fraction of sp³-hybridized carbons (Fsp3) is 0.176. The lowest BCUT2D eigenvalue weighted by molar-refractivity contribution is -0.384. The van der Waals surface area contributed by atoms with Gasteiger partial charge in [0.05, 0.1) is 15.1 Å². The van der Waals surface area contributed by atoms with Gasteiger partial charge in [-0.3, -0.25) is 14.9 Å². The molecule has 0 saturated carbocycles. The molecule has 7 nitrogen and oxygen atoms in total. The van der Waals surface area contributed by atoms with Crippen molar-refractivity contribution in [1.82, 2.24) is 4.98 Å². The highest BCUT2D eigenvalue weighted by Crippen LogP contribution is 2.28. The van der Waals surface area contributed by atoms with Crippen LogP contribution >= 0.6 is 11.3 Å². The molecule has 0 aliphatic heterocycles. The van der Waals surface area contributed by atoms with Crippen molar-refractivity contribution in [3.8, 4) is 0 Å². The van der Waals surface area contributed by atoms with E-state index in [1.54, 1.807) is 18.2 Å². The number of benzene rings is 2. The largest absolute Gasteiger partial charge is 0.379 e. The van der Waals surface area contributed by atoms with E-state index in [9.17, 15) is 14.9 Å². The van der Waals surface area contributed by atoms with Gasteiger partial charge in [-0.15, -0.1) is 0 Å². The van der Waals surface area contributed by atoms with Crippen molar-refractivity contribution in [3.63, 3.8) is 0 Å². The molecule has 2 aromatic carbocycles. The van der Waals surface area contributed by atoms with E-state index in [0.29, 0.717) is 17.4 Å². The van der Waals surface area contributed by atoms with Crippen LogP contribution in [0.25, 0.3) is 10.2 Å². The number of carbonyl (C=O) groups excluding carboxylic acids is 1. The Hall–Kier alpha value is -3.00. The van der Waals surface area contributed by atoms with Gasteiger partial charge in [-0.2, -0.15) is 0 Å². The maximum absolute atomic E-state index is 12.1. The van der Waals surface area contributed by atoms with Crippen LogP contribution in [0.15, 0.2) is 42.5 Å². The van der Waals surface area contributed by atoms with Gasteiger partial charge in [0.2, 0.25) is 5.91 Å². The van der Waals surface area contributed by atoms with E-state index in [1.807, 2.05) is 25.1 Å². The number of aromatic nitrogens is 1. The first-order valence-corrected chi connectivity index (χ1v) is 8.49. The summed E-state index contributed by atoms with van der Waals surface area (Å²) in [6.07, 6.45) is 0.182. The molecular weight excluding hydrogens is 340 g/mol. The quantitative estimate of drug-likeness (QED) is 0.515. The van der Waals surface area contributed by atoms with Crippen molar-refractivity contribution in [3.05, 3.63) is 58.1 Å². The van der Waals surface area contributed by atoms with E-state index in [4.69, 9.17) is 0 Å². The molecule has 0 atom stereocenters. The molecule has 128 valence electrons. The van der Waals surface area contributed by atoms with E-state index in [-0.39, 0.29) is 18.0 Å². The average molecular weight is 356 g/mol. The van der Waals surface area contributed by atoms with Crippen LogP contribution in [0.2, 0.25) is 0 Å². The highest BCUT2D eigenvalue weighted by molar-refractivity contribution is 7.22. The number of hydrogen-bond donors (Lipinski definition) is 2. The number of nitro groups is 1. The van der Waals surface area contributed by atoms with Crippen LogP contribution in [0.4, 0.5) is 16.5 Å². The van der Waals surface area contributed by atoms with Gasteiger partial charge in [-0.05, 0) is 24.6 Å². The summed E-state index contributed by atoms with van der Waals surface area (Å²) in [5.41, 5.74) is 2.34. The number of nitrogens with zero attached hydrogens (tertiary/aromatic N) is 2. The molecule has 25 heavy (non-hydrogen) atoms. The second kappa shape index (κ2) is 7.27. The van der Waals surface area contributed by atoms with Gasteiger partial charge in [-0.25, -0.2) is 4.98 Å². The fourth-order valence-corrected chi connectivity index (χ4v) is 3.37. The number of nitrogens with one attached hydrogen (secondary N) is 2. The van der Waals surface area contributed by atoms with Crippen LogP contribution in [-0.4, -0.2) is 22.4 Å². The maximum atomic E-state index is 12.1. The molecule has 0 aliphatic rings. The predicted molar refractivity (Wildman–Crippen MR) is 99.2 cm³/mol. The van der Waals surface area contributed by atoms with Crippen molar-refractivity contribution >= 4 is 44.0 Å². The average Bonchev–Trinajstić information content (AvgIpc) is 2.99. The van der Waals surface area contributed by atoms with E-state index in [1.165, 1.54) is 17.4 Å². The molecule has 8 heteroatoms. The Balaban J connectivity index is 1.58. The zero-order chi connectivity index (χ0) is 17.8. The first-order chi connectivity index (χ1) is 12.0. The molecule has 3 rings (SSSR count). The standard InChI is InChI=1S/C17H16N4O3S/c1-11-5-4-8-14-16(11)20-17(25-14)19-15(22)9-10-18-12-6-2-3-7-13(12)21(23)24/h2-8,18H,9-10H2,1H3,(H,19,20,22). The molecule has 0 fully saturated rings. The van der Waals surface area contributed by atoms with Crippen LogP contribution in [0.3, 0.4) is 0 Å². The van der Waals surface area contributed by atoms with Crippen molar-refractivity contribution in [2.24, 2.45) is 0 Å². The summed E-state index contributed by atoms with van der Waals surface area (Å²) >= 11 is 1.42. The molecule has 0 aliphatic carbocycles. The summed E-state index contributed by atoms with van der Waals surface area (Å²) in [6, 6.07) is 12.2. The summed E-state index contributed by atoms with van der Waals surface area (Å²) in [5, 5.41) is 17.2. The minimum absolute atomic E-state index is 0.00967. The lowest BCUT2D eigenvalue weighted by Crippen LogP contribution is -2.16. The van der Waals surface area contributed by atoms with Crippen molar-refractivity contribution in [1.29, 1.82) is 0 Å². The molecule has 0 unspecified atom stereocenters. The molecule has 0 radical (unpaired) electrons. The molecular formula is C17H16N4O3S. The van der Waals surface area contributed by atoms with Crippen LogP contribution in [0.5, 0.6) is 0 Å². The number of rotatable bonds is 6. The van der Waals surface area contributed by atoms with Crippen molar-refractivity contribution in [2.75, 3.05) is 17.2 Å². The molecule has 1 aromatic heterocycles. The van der Waals surface area contributed by atoms with Gasteiger partial charge >= 0.3 is 0 Å². The first kappa shape index (κ1) is 16.8. The highest BCUT2D eigenvalue weighted by atomic mass is 32.1. The summed E-state index contributed by atoms with van der Waals surface area (Å²) < 4.78 is 1.02. The van der Waals surface area contributed by atoms with Crippen LogP contribution in [0.1, 0.15) is 12.0 Å². The monoisotopic (exact) mass is 356 g/mol. The summed E-state index contributed by atoms with van der Waals surface area (Å²) in [7, 11) is 0. The minimum atomic E-state index is -0.453. The molecule has 0 spiro atoms. The van der Waals surface area contributed by atoms with Gasteiger partial charge in [0, 0.05) is 19.0 Å². The third-order valence-corrected chi connectivity index (χ3v) is 4.57. The Morgan fingerprint density at radius 2 is 2.04 bits per heavy atom. The lowest BCUT2D eigenvalue weighted by Gasteiger charge is -2.06. The maximum Gasteiger partial charge on any atom is 0.292 e. The smallest absolute Gasteiger partial charge is 0.292 e. The Bertz CT molecular complexity index is 939. The number of para-hydroxylation sites is 3. The third-order valence-electron chi connectivity index (χ3n) is 3.64. The molecule has 2 N–H and O–H groups in total. The van der Waals surface area contributed by atoms with E-state index in [0.717, 1.165) is 15.8 Å². The second-order valence-electron chi connectivity index (χ2n) is 5.44. The number of thiazole rings is 1. The SMILES string of the molecule is Cc1cccc2sc(NC(=O)CCNc3ccccc3[N+](=O)[O-])nc12. The Labute approximate surface area is 147 Å². The van der Waals surface area contributed by atoms with E-state index >= 15 is 0 Å². The number of amides is 1. The first-order valence-electron chi connectivity index (χ1n) is 7.68. The third kappa shape index (κ3) is 3.92.